The average molecular weight is 243 g/mol. The van der Waals surface area contributed by atoms with Crippen molar-refractivity contribution >= 4 is 11.7 Å². The van der Waals surface area contributed by atoms with Gasteiger partial charge in [0.05, 0.1) is 6.10 Å². The number of hydrogen-bond donors (Lipinski definition) is 3. The first-order valence-electron chi connectivity index (χ1n) is 6.03. The van der Waals surface area contributed by atoms with Crippen LogP contribution in [0.15, 0.2) is 5.16 Å². The molecule has 17 heavy (non-hydrogen) atoms. The first kappa shape index (κ1) is 13.8. The molecule has 2 unspecified atom stereocenters. The minimum Gasteiger partial charge on any atom is -0.409 e. The number of rotatable bonds is 6. The van der Waals surface area contributed by atoms with Gasteiger partial charge in [-0.2, -0.15) is 0 Å². The minimum absolute atomic E-state index is 0.0295. The van der Waals surface area contributed by atoms with Crippen LogP contribution in [0.4, 0.5) is 0 Å². The van der Waals surface area contributed by atoms with Crippen molar-refractivity contribution in [3.8, 4) is 0 Å². The highest BCUT2D eigenvalue weighted by molar-refractivity contribution is 5.81. The largest absolute Gasteiger partial charge is 0.409 e. The van der Waals surface area contributed by atoms with Crippen molar-refractivity contribution in [3.63, 3.8) is 0 Å². The van der Waals surface area contributed by atoms with E-state index in [1.807, 2.05) is 6.92 Å². The van der Waals surface area contributed by atoms with Crippen LogP contribution in [-0.4, -0.2) is 35.7 Å². The topological polar surface area (TPSA) is 96.9 Å². The summed E-state index contributed by atoms with van der Waals surface area (Å²) in [5.41, 5.74) is 5.32. The van der Waals surface area contributed by atoms with Gasteiger partial charge in [-0.15, -0.1) is 0 Å². The fraction of sp³-hybridized carbons (Fsp3) is 0.818. The molecule has 6 nitrogen and oxygen atoms in total. The first-order valence-corrected chi connectivity index (χ1v) is 6.03. The lowest BCUT2D eigenvalue weighted by molar-refractivity contribution is -0.131. The number of unbranched alkanes of at least 4 members (excludes halogenated alkanes) is 1. The third-order valence-corrected chi connectivity index (χ3v) is 2.81. The highest BCUT2D eigenvalue weighted by atomic mass is 16.5. The Balaban J connectivity index is 2.04. The predicted octanol–water partition coefficient (Wildman–Crippen LogP) is 0.587. The molecule has 1 amide bonds. The number of ether oxygens (including phenoxy) is 1. The van der Waals surface area contributed by atoms with Crippen LogP contribution in [0.5, 0.6) is 0 Å². The molecule has 0 aromatic heterocycles. The highest BCUT2D eigenvalue weighted by Crippen LogP contribution is 2.18. The quantitative estimate of drug-likeness (QED) is 0.209. The summed E-state index contributed by atoms with van der Waals surface area (Å²) >= 11 is 0. The Hall–Kier alpha value is -1.30. The van der Waals surface area contributed by atoms with Gasteiger partial charge in [0, 0.05) is 13.0 Å². The van der Waals surface area contributed by atoms with Crippen molar-refractivity contribution in [2.45, 2.75) is 51.2 Å². The van der Waals surface area contributed by atoms with Gasteiger partial charge in [-0.05, 0) is 32.6 Å². The summed E-state index contributed by atoms with van der Waals surface area (Å²) in [6.45, 7) is 2.58. The Morgan fingerprint density at radius 2 is 2.29 bits per heavy atom. The maximum absolute atomic E-state index is 11.6. The van der Waals surface area contributed by atoms with Gasteiger partial charge in [0.25, 0.3) is 0 Å². The first-order chi connectivity index (χ1) is 8.13. The van der Waals surface area contributed by atoms with E-state index in [1.54, 1.807) is 0 Å². The lowest BCUT2D eigenvalue weighted by Crippen LogP contribution is -2.35. The molecule has 6 heteroatoms. The Morgan fingerprint density at radius 3 is 2.88 bits per heavy atom. The minimum atomic E-state index is -0.283. The normalized spacial score (nSPS) is 24.9. The standard InChI is InChI=1S/C11H21N3O3/c1-8-5-6-9(17-8)11(15)13-7-3-2-4-10(12)14-16/h8-9,16H,2-7H2,1H3,(H2,12,14)(H,13,15). The summed E-state index contributed by atoms with van der Waals surface area (Å²) in [7, 11) is 0. The Morgan fingerprint density at radius 1 is 1.53 bits per heavy atom. The maximum Gasteiger partial charge on any atom is 0.249 e. The lowest BCUT2D eigenvalue weighted by atomic mass is 10.2. The molecule has 1 aliphatic heterocycles. The van der Waals surface area contributed by atoms with E-state index >= 15 is 0 Å². The number of nitrogens with one attached hydrogen (secondary N) is 1. The number of amides is 1. The molecule has 0 aromatic carbocycles. The van der Waals surface area contributed by atoms with E-state index in [1.165, 1.54) is 0 Å². The zero-order chi connectivity index (χ0) is 12.7. The number of nitrogens with zero attached hydrogens (tertiary/aromatic N) is 1. The van der Waals surface area contributed by atoms with Crippen molar-refractivity contribution in [3.05, 3.63) is 0 Å². The van der Waals surface area contributed by atoms with E-state index in [-0.39, 0.29) is 24.0 Å². The fourth-order valence-corrected chi connectivity index (χ4v) is 1.80. The summed E-state index contributed by atoms with van der Waals surface area (Å²) in [4.78, 5) is 11.6. The third kappa shape index (κ3) is 5.04. The fourth-order valence-electron chi connectivity index (χ4n) is 1.80. The van der Waals surface area contributed by atoms with E-state index < -0.39 is 0 Å². The van der Waals surface area contributed by atoms with Crippen molar-refractivity contribution in [1.82, 2.24) is 5.32 Å². The number of carbonyl (C=O) groups is 1. The summed E-state index contributed by atoms with van der Waals surface area (Å²) in [5, 5.41) is 14.0. The van der Waals surface area contributed by atoms with Crippen LogP contribution < -0.4 is 11.1 Å². The van der Waals surface area contributed by atoms with Gasteiger partial charge in [0.1, 0.15) is 11.9 Å². The van der Waals surface area contributed by atoms with Gasteiger partial charge < -0.3 is 21.0 Å². The molecule has 1 saturated heterocycles. The Kier molecular flexibility index (Phi) is 5.76. The smallest absolute Gasteiger partial charge is 0.249 e. The molecule has 1 fully saturated rings. The lowest BCUT2D eigenvalue weighted by Gasteiger charge is -2.11. The van der Waals surface area contributed by atoms with Crippen LogP contribution in [0.3, 0.4) is 0 Å². The van der Waals surface area contributed by atoms with Crippen molar-refractivity contribution in [2.24, 2.45) is 10.9 Å². The predicted molar refractivity (Wildman–Crippen MR) is 63.8 cm³/mol. The van der Waals surface area contributed by atoms with Crippen LogP contribution in [0, 0.1) is 0 Å². The van der Waals surface area contributed by atoms with Gasteiger partial charge in [0.2, 0.25) is 5.91 Å². The molecular weight excluding hydrogens is 222 g/mol. The summed E-state index contributed by atoms with van der Waals surface area (Å²) in [6, 6.07) is 0. The molecule has 0 radical (unpaired) electrons. The summed E-state index contributed by atoms with van der Waals surface area (Å²) in [5.74, 6) is 0.197. The molecule has 0 aliphatic carbocycles. The van der Waals surface area contributed by atoms with Crippen LogP contribution in [0.25, 0.3) is 0 Å². The molecule has 1 rings (SSSR count). The van der Waals surface area contributed by atoms with E-state index in [9.17, 15) is 4.79 Å². The van der Waals surface area contributed by atoms with E-state index in [2.05, 4.69) is 10.5 Å². The van der Waals surface area contributed by atoms with Gasteiger partial charge in [-0.25, -0.2) is 0 Å². The zero-order valence-corrected chi connectivity index (χ0v) is 10.2. The van der Waals surface area contributed by atoms with Gasteiger partial charge in [0.15, 0.2) is 0 Å². The second-order valence-electron chi connectivity index (χ2n) is 4.35. The molecule has 0 bridgehead atoms. The molecule has 1 aliphatic rings. The van der Waals surface area contributed by atoms with Crippen LogP contribution in [0.1, 0.15) is 39.0 Å². The third-order valence-electron chi connectivity index (χ3n) is 2.81. The number of carbonyl (C=O) groups excluding carboxylic acids is 1. The number of oxime groups is 1. The Bertz CT molecular complexity index is 281. The van der Waals surface area contributed by atoms with E-state index in [0.717, 1.165) is 25.7 Å². The number of nitrogens with two attached hydrogens (primary N) is 1. The van der Waals surface area contributed by atoms with Crippen LogP contribution in [-0.2, 0) is 9.53 Å². The number of hydrogen-bond acceptors (Lipinski definition) is 4. The van der Waals surface area contributed by atoms with Crippen molar-refractivity contribution in [2.75, 3.05) is 6.54 Å². The summed E-state index contributed by atoms with van der Waals surface area (Å²) < 4.78 is 5.45. The zero-order valence-electron chi connectivity index (χ0n) is 10.2. The van der Waals surface area contributed by atoms with Gasteiger partial charge in [-0.3, -0.25) is 4.79 Å². The molecule has 2 atom stereocenters. The Labute approximate surface area is 101 Å². The molecule has 0 spiro atoms. The molecule has 4 N–H and O–H groups in total. The van der Waals surface area contributed by atoms with Crippen molar-refractivity contribution < 1.29 is 14.7 Å². The number of amidine groups is 1. The average Bonchev–Trinajstić information content (AvgIpc) is 2.75. The molecule has 0 aromatic rings. The summed E-state index contributed by atoms with van der Waals surface area (Å²) in [6.07, 6.45) is 3.80. The molecule has 0 saturated carbocycles. The highest BCUT2D eigenvalue weighted by Gasteiger charge is 2.27. The molecule has 98 valence electrons. The van der Waals surface area contributed by atoms with E-state index in [0.29, 0.717) is 13.0 Å². The maximum atomic E-state index is 11.6. The SMILES string of the molecule is CC1CCC(C(=O)NCCCCC(N)=NO)O1. The second kappa shape index (κ2) is 7.11. The molecule has 1 heterocycles. The van der Waals surface area contributed by atoms with Gasteiger partial charge >= 0.3 is 0 Å². The van der Waals surface area contributed by atoms with Crippen LogP contribution >= 0.6 is 0 Å². The van der Waals surface area contributed by atoms with Gasteiger partial charge in [-0.1, -0.05) is 5.16 Å². The van der Waals surface area contributed by atoms with E-state index in [4.69, 9.17) is 15.7 Å². The molecular formula is C11H21N3O3. The van der Waals surface area contributed by atoms with Crippen LogP contribution in [0.2, 0.25) is 0 Å². The second-order valence-corrected chi connectivity index (χ2v) is 4.35. The monoisotopic (exact) mass is 243 g/mol. The van der Waals surface area contributed by atoms with Crippen molar-refractivity contribution in [1.29, 1.82) is 0 Å².